The van der Waals surface area contributed by atoms with Crippen LogP contribution in [0.5, 0.6) is 5.75 Å². The lowest BCUT2D eigenvalue weighted by atomic mass is 10.2. The summed E-state index contributed by atoms with van der Waals surface area (Å²) in [5.74, 6) is -0.758. The monoisotopic (exact) mass is 468 g/mol. The Bertz CT molecular complexity index is 1210. The number of methoxy groups -OCH3 is 1. The Balaban J connectivity index is 1.60. The second-order valence-corrected chi connectivity index (χ2v) is 8.98. The highest BCUT2D eigenvalue weighted by atomic mass is 32.2. The van der Waals surface area contributed by atoms with Gasteiger partial charge in [0.25, 0.3) is 15.9 Å². The first-order valence-electron chi connectivity index (χ1n) is 10.0. The van der Waals surface area contributed by atoms with Gasteiger partial charge in [0, 0.05) is 13.6 Å². The highest BCUT2D eigenvalue weighted by molar-refractivity contribution is 7.92. The highest BCUT2D eigenvalue weighted by Crippen LogP contribution is 2.30. The van der Waals surface area contributed by atoms with Crippen molar-refractivity contribution in [2.24, 2.45) is 0 Å². The average Bonchev–Trinajstić information content (AvgIpc) is 2.86. The Hall–Kier alpha value is -3.85. The van der Waals surface area contributed by atoms with Crippen LogP contribution < -0.4 is 14.4 Å². The number of benzene rings is 3. The molecule has 0 aliphatic heterocycles. The van der Waals surface area contributed by atoms with Gasteiger partial charge in [-0.2, -0.15) is 0 Å². The van der Waals surface area contributed by atoms with Gasteiger partial charge in [-0.1, -0.05) is 42.5 Å². The maximum absolute atomic E-state index is 13.0. The van der Waals surface area contributed by atoms with Gasteiger partial charge < -0.3 is 14.8 Å². The van der Waals surface area contributed by atoms with Crippen LogP contribution in [0.2, 0.25) is 0 Å². The molecular weight excluding hydrogens is 444 g/mol. The van der Waals surface area contributed by atoms with Crippen molar-refractivity contribution >= 4 is 27.6 Å². The molecule has 1 amide bonds. The second kappa shape index (κ2) is 10.6. The second-order valence-electron chi connectivity index (χ2n) is 7.01. The van der Waals surface area contributed by atoms with Crippen molar-refractivity contribution in [3.05, 3.63) is 90.0 Å². The molecule has 3 rings (SSSR count). The van der Waals surface area contributed by atoms with Gasteiger partial charge in [0.05, 0.1) is 23.3 Å². The standard InChI is InChI=1S/C24H24N2O6S/c1-26(21-10-6-7-11-22(21)31-2)33(29,30)20-14-12-19(13-15-20)24(28)32-17-23(27)25-16-18-8-4-3-5-9-18/h3-15H,16-17H2,1-2H3,(H,25,27). The molecule has 0 heterocycles. The number of anilines is 1. The predicted octanol–water partition coefficient (Wildman–Crippen LogP) is 2.99. The Morgan fingerprint density at radius 3 is 2.21 bits per heavy atom. The third-order valence-corrected chi connectivity index (χ3v) is 6.63. The Labute approximate surface area is 192 Å². The molecule has 1 N–H and O–H groups in total. The van der Waals surface area contributed by atoms with E-state index in [1.165, 1.54) is 38.4 Å². The molecule has 0 aromatic heterocycles. The number of nitrogens with zero attached hydrogens (tertiary/aromatic N) is 1. The number of rotatable bonds is 9. The van der Waals surface area contributed by atoms with Crippen molar-refractivity contribution in [2.75, 3.05) is 25.1 Å². The summed E-state index contributed by atoms with van der Waals surface area (Å²) in [6.45, 7) is -0.119. The number of carbonyl (C=O) groups is 2. The van der Waals surface area contributed by atoms with E-state index in [9.17, 15) is 18.0 Å². The summed E-state index contributed by atoms with van der Waals surface area (Å²) in [7, 11) is -1.01. The summed E-state index contributed by atoms with van der Waals surface area (Å²) in [6, 6.07) is 21.4. The zero-order valence-electron chi connectivity index (χ0n) is 18.2. The molecule has 0 aliphatic rings. The van der Waals surface area contributed by atoms with Crippen LogP contribution in [-0.2, 0) is 26.1 Å². The summed E-state index contributed by atoms with van der Waals surface area (Å²) in [5, 5.41) is 2.66. The molecule has 0 saturated carbocycles. The topological polar surface area (TPSA) is 102 Å². The quantitative estimate of drug-likeness (QED) is 0.485. The Kier molecular flexibility index (Phi) is 7.68. The molecule has 0 aliphatic carbocycles. The van der Waals surface area contributed by atoms with E-state index in [0.717, 1.165) is 9.87 Å². The van der Waals surface area contributed by atoms with Crippen molar-refractivity contribution in [1.82, 2.24) is 5.32 Å². The minimum Gasteiger partial charge on any atom is -0.495 e. The fraction of sp³-hybridized carbons (Fsp3) is 0.167. The lowest BCUT2D eigenvalue weighted by molar-refractivity contribution is -0.124. The van der Waals surface area contributed by atoms with E-state index in [-0.39, 0.29) is 10.5 Å². The largest absolute Gasteiger partial charge is 0.495 e. The first kappa shape index (κ1) is 23.8. The normalized spacial score (nSPS) is 10.8. The van der Waals surface area contributed by atoms with Crippen LogP contribution in [0.25, 0.3) is 0 Å². The average molecular weight is 469 g/mol. The van der Waals surface area contributed by atoms with Crippen molar-refractivity contribution < 1.29 is 27.5 Å². The maximum atomic E-state index is 13.0. The lowest BCUT2D eigenvalue weighted by Gasteiger charge is -2.21. The molecule has 0 atom stereocenters. The molecule has 0 bridgehead atoms. The number of sulfonamides is 1. The van der Waals surface area contributed by atoms with Crippen molar-refractivity contribution in [3.8, 4) is 5.75 Å². The third-order valence-electron chi connectivity index (χ3n) is 4.84. The molecule has 0 radical (unpaired) electrons. The van der Waals surface area contributed by atoms with E-state index in [1.807, 2.05) is 30.3 Å². The van der Waals surface area contributed by atoms with Gasteiger partial charge in [-0.15, -0.1) is 0 Å². The van der Waals surface area contributed by atoms with Crippen molar-refractivity contribution in [2.45, 2.75) is 11.4 Å². The molecule has 3 aromatic carbocycles. The number of esters is 1. The summed E-state index contributed by atoms with van der Waals surface area (Å²) in [6.07, 6.45) is 0. The zero-order valence-corrected chi connectivity index (χ0v) is 19.0. The number of ether oxygens (including phenoxy) is 2. The highest BCUT2D eigenvalue weighted by Gasteiger charge is 2.24. The number of para-hydroxylation sites is 2. The van der Waals surface area contributed by atoms with Gasteiger partial charge in [-0.25, -0.2) is 13.2 Å². The van der Waals surface area contributed by atoms with Gasteiger partial charge in [-0.05, 0) is 42.0 Å². The zero-order chi connectivity index (χ0) is 23.8. The maximum Gasteiger partial charge on any atom is 0.338 e. The van der Waals surface area contributed by atoms with Gasteiger partial charge in [0.2, 0.25) is 0 Å². The number of amides is 1. The van der Waals surface area contributed by atoms with Gasteiger partial charge in [0.15, 0.2) is 6.61 Å². The minimum absolute atomic E-state index is 0.00643. The van der Waals surface area contributed by atoms with E-state index in [2.05, 4.69) is 5.32 Å². The van der Waals surface area contributed by atoms with Gasteiger partial charge >= 0.3 is 5.97 Å². The lowest BCUT2D eigenvalue weighted by Crippen LogP contribution is -2.28. The third kappa shape index (κ3) is 5.89. The summed E-state index contributed by atoms with van der Waals surface area (Å²) >= 11 is 0. The summed E-state index contributed by atoms with van der Waals surface area (Å²) in [5.41, 5.74) is 1.43. The number of carbonyl (C=O) groups excluding carboxylic acids is 2. The van der Waals surface area contributed by atoms with E-state index in [1.54, 1.807) is 24.3 Å². The van der Waals surface area contributed by atoms with Crippen molar-refractivity contribution in [3.63, 3.8) is 0 Å². The molecule has 9 heteroatoms. The Morgan fingerprint density at radius 2 is 1.55 bits per heavy atom. The van der Waals surface area contributed by atoms with Crippen molar-refractivity contribution in [1.29, 1.82) is 0 Å². The van der Waals surface area contributed by atoms with E-state index >= 15 is 0 Å². The minimum atomic E-state index is -3.89. The molecule has 172 valence electrons. The van der Waals surface area contributed by atoms with Crippen LogP contribution in [0.4, 0.5) is 5.69 Å². The molecule has 0 unspecified atom stereocenters. The van der Waals surface area contributed by atoms with E-state index < -0.39 is 28.5 Å². The number of hydrogen-bond donors (Lipinski definition) is 1. The molecule has 3 aromatic rings. The van der Waals surface area contributed by atoms with E-state index in [0.29, 0.717) is 18.0 Å². The Morgan fingerprint density at radius 1 is 0.909 bits per heavy atom. The van der Waals surface area contributed by atoms with Crippen LogP contribution in [-0.4, -0.2) is 41.1 Å². The SMILES string of the molecule is COc1ccccc1N(C)S(=O)(=O)c1ccc(C(=O)OCC(=O)NCc2ccccc2)cc1. The van der Waals surface area contributed by atoms with Crippen LogP contribution in [0, 0.1) is 0 Å². The fourth-order valence-electron chi connectivity index (χ4n) is 3.00. The summed E-state index contributed by atoms with van der Waals surface area (Å²) < 4.78 is 37.3. The van der Waals surface area contributed by atoms with Crippen LogP contribution >= 0.6 is 0 Å². The van der Waals surface area contributed by atoms with Crippen LogP contribution in [0.15, 0.2) is 83.8 Å². The van der Waals surface area contributed by atoms with Crippen LogP contribution in [0.3, 0.4) is 0 Å². The van der Waals surface area contributed by atoms with E-state index in [4.69, 9.17) is 9.47 Å². The number of nitrogens with one attached hydrogen (secondary N) is 1. The number of hydrogen-bond acceptors (Lipinski definition) is 6. The van der Waals surface area contributed by atoms with Crippen LogP contribution in [0.1, 0.15) is 15.9 Å². The molecule has 8 nitrogen and oxygen atoms in total. The predicted molar refractivity (Wildman–Crippen MR) is 124 cm³/mol. The molecule has 0 saturated heterocycles. The van der Waals surface area contributed by atoms with Gasteiger partial charge in [0.1, 0.15) is 5.75 Å². The van der Waals surface area contributed by atoms with Gasteiger partial charge in [-0.3, -0.25) is 9.10 Å². The smallest absolute Gasteiger partial charge is 0.338 e. The molecule has 33 heavy (non-hydrogen) atoms. The molecule has 0 spiro atoms. The fourth-order valence-corrected chi connectivity index (χ4v) is 4.21. The first-order chi connectivity index (χ1) is 15.8. The molecule has 0 fully saturated rings. The first-order valence-corrected chi connectivity index (χ1v) is 11.5. The summed E-state index contributed by atoms with van der Waals surface area (Å²) in [4.78, 5) is 24.2. The molecular formula is C24H24N2O6S.